The van der Waals surface area contributed by atoms with E-state index in [1.807, 2.05) is 12.1 Å². The molecule has 0 aromatic carbocycles. The SMILES string of the molecule is CN(Cc1ccnc(C(N)=S)c1)CC1CCCN1C. The van der Waals surface area contributed by atoms with Gasteiger partial charge in [0.1, 0.15) is 4.99 Å². The third-order valence-electron chi connectivity index (χ3n) is 3.72. The molecule has 1 atom stereocenters. The van der Waals surface area contributed by atoms with Crippen LogP contribution in [0.25, 0.3) is 0 Å². The molecular formula is C14H22N4S. The van der Waals surface area contributed by atoms with Crippen LogP contribution in [0.15, 0.2) is 18.3 Å². The molecule has 2 rings (SSSR count). The maximum atomic E-state index is 5.61. The fourth-order valence-corrected chi connectivity index (χ4v) is 2.76. The molecule has 0 amide bonds. The van der Waals surface area contributed by atoms with Gasteiger partial charge in [-0.2, -0.15) is 0 Å². The Morgan fingerprint density at radius 1 is 1.63 bits per heavy atom. The Morgan fingerprint density at radius 2 is 2.42 bits per heavy atom. The molecule has 2 N–H and O–H groups in total. The predicted octanol–water partition coefficient (Wildman–Crippen LogP) is 1.24. The zero-order valence-corrected chi connectivity index (χ0v) is 12.5. The lowest BCUT2D eigenvalue weighted by Gasteiger charge is -2.25. The number of rotatable bonds is 5. The van der Waals surface area contributed by atoms with E-state index in [0.717, 1.165) is 13.1 Å². The summed E-state index contributed by atoms with van der Waals surface area (Å²) in [4.78, 5) is 9.33. The first-order valence-corrected chi connectivity index (χ1v) is 7.10. The number of hydrogen-bond acceptors (Lipinski definition) is 4. The second-order valence-electron chi connectivity index (χ2n) is 5.39. The number of likely N-dealkylation sites (tertiary alicyclic amines) is 1. The number of thiocarbonyl (C=S) groups is 1. The van der Waals surface area contributed by atoms with Crippen molar-refractivity contribution in [1.82, 2.24) is 14.8 Å². The molecule has 104 valence electrons. The van der Waals surface area contributed by atoms with Crippen molar-refractivity contribution >= 4 is 17.2 Å². The summed E-state index contributed by atoms with van der Waals surface area (Å²) in [5.74, 6) is 0. The number of nitrogens with two attached hydrogens (primary N) is 1. The van der Waals surface area contributed by atoms with Gasteiger partial charge in [-0.05, 0) is 51.2 Å². The molecule has 19 heavy (non-hydrogen) atoms. The lowest BCUT2D eigenvalue weighted by Crippen LogP contribution is -2.36. The van der Waals surface area contributed by atoms with Gasteiger partial charge < -0.3 is 15.5 Å². The van der Waals surface area contributed by atoms with Crippen LogP contribution in [0.3, 0.4) is 0 Å². The van der Waals surface area contributed by atoms with Crippen LogP contribution in [0.5, 0.6) is 0 Å². The van der Waals surface area contributed by atoms with Crippen LogP contribution < -0.4 is 5.73 Å². The number of nitrogens with zero attached hydrogens (tertiary/aromatic N) is 3. The Hall–Kier alpha value is -1.04. The van der Waals surface area contributed by atoms with Crippen molar-refractivity contribution < 1.29 is 0 Å². The van der Waals surface area contributed by atoms with Crippen molar-refractivity contribution in [3.63, 3.8) is 0 Å². The fraction of sp³-hybridized carbons (Fsp3) is 0.571. The second-order valence-corrected chi connectivity index (χ2v) is 5.83. The molecule has 0 bridgehead atoms. The summed E-state index contributed by atoms with van der Waals surface area (Å²) < 4.78 is 0. The topological polar surface area (TPSA) is 45.4 Å². The Kier molecular flexibility index (Phi) is 4.85. The normalized spacial score (nSPS) is 20.1. The van der Waals surface area contributed by atoms with Gasteiger partial charge in [0.15, 0.2) is 0 Å². The lowest BCUT2D eigenvalue weighted by atomic mass is 10.2. The molecule has 1 aromatic rings. The molecular weight excluding hydrogens is 256 g/mol. The van der Waals surface area contributed by atoms with E-state index in [2.05, 4.69) is 28.9 Å². The molecule has 1 fully saturated rings. The van der Waals surface area contributed by atoms with E-state index in [9.17, 15) is 0 Å². The van der Waals surface area contributed by atoms with Crippen molar-refractivity contribution in [2.24, 2.45) is 5.73 Å². The molecule has 2 heterocycles. The molecule has 1 aliphatic rings. The van der Waals surface area contributed by atoms with Crippen molar-refractivity contribution in [2.45, 2.75) is 25.4 Å². The molecule has 4 nitrogen and oxygen atoms in total. The van der Waals surface area contributed by atoms with Gasteiger partial charge in [0.25, 0.3) is 0 Å². The van der Waals surface area contributed by atoms with E-state index in [1.165, 1.54) is 24.9 Å². The predicted molar refractivity (Wildman–Crippen MR) is 82.1 cm³/mol. The molecule has 1 aromatic heterocycles. The van der Waals surface area contributed by atoms with Crippen LogP contribution in [-0.2, 0) is 6.54 Å². The van der Waals surface area contributed by atoms with Crippen molar-refractivity contribution in [3.05, 3.63) is 29.6 Å². The fourth-order valence-electron chi connectivity index (χ4n) is 2.65. The quantitative estimate of drug-likeness (QED) is 0.821. The molecule has 0 aliphatic carbocycles. The Morgan fingerprint density at radius 3 is 3.05 bits per heavy atom. The summed E-state index contributed by atoms with van der Waals surface area (Å²) in [6, 6.07) is 4.69. The van der Waals surface area contributed by atoms with Gasteiger partial charge in [-0.15, -0.1) is 0 Å². The van der Waals surface area contributed by atoms with Crippen molar-refractivity contribution in [3.8, 4) is 0 Å². The summed E-state index contributed by atoms with van der Waals surface area (Å²) >= 11 is 4.96. The van der Waals surface area contributed by atoms with Gasteiger partial charge in [0, 0.05) is 25.3 Å². The van der Waals surface area contributed by atoms with E-state index in [1.54, 1.807) is 6.20 Å². The molecule has 1 saturated heterocycles. The maximum Gasteiger partial charge on any atom is 0.122 e. The number of likely N-dealkylation sites (N-methyl/N-ethyl adjacent to an activating group) is 2. The maximum absolute atomic E-state index is 5.61. The van der Waals surface area contributed by atoms with Gasteiger partial charge in [-0.25, -0.2) is 0 Å². The van der Waals surface area contributed by atoms with Crippen LogP contribution in [0, 0.1) is 0 Å². The number of aromatic nitrogens is 1. The molecule has 1 unspecified atom stereocenters. The van der Waals surface area contributed by atoms with E-state index in [-0.39, 0.29) is 0 Å². The highest BCUT2D eigenvalue weighted by Crippen LogP contribution is 2.16. The smallest absolute Gasteiger partial charge is 0.122 e. The summed E-state index contributed by atoms with van der Waals surface area (Å²) in [6.07, 6.45) is 4.39. The second kappa shape index (κ2) is 6.41. The number of pyridine rings is 1. The highest BCUT2D eigenvalue weighted by atomic mass is 32.1. The third kappa shape index (κ3) is 3.96. The summed E-state index contributed by atoms with van der Waals surface area (Å²) in [7, 11) is 4.37. The van der Waals surface area contributed by atoms with Crippen LogP contribution >= 0.6 is 12.2 Å². The van der Waals surface area contributed by atoms with Gasteiger partial charge in [-0.1, -0.05) is 12.2 Å². The molecule has 0 radical (unpaired) electrons. The van der Waals surface area contributed by atoms with Crippen LogP contribution in [0.2, 0.25) is 0 Å². The number of hydrogen-bond donors (Lipinski definition) is 1. The van der Waals surface area contributed by atoms with Gasteiger partial charge in [0.2, 0.25) is 0 Å². The van der Waals surface area contributed by atoms with Gasteiger partial charge in [-0.3, -0.25) is 4.98 Å². The van der Waals surface area contributed by atoms with Crippen molar-refractivity contribution in [1.29, 1.82) is 0 Å². The zero-order valence-electron chi connectivity index (χ0n) is 11.7. The van der Waals surface area contributed by atoms with Crippen LogP contribution in [-0.4, -0.2) is 53.0 Å². The van der Waals surface area contributed by atoms with E-state index >= 15 is 0 Å². The van der Waals surface area contributed by atoms with Crippen LogP contribution in [0.4, 0.5) is 0 Å². The first-order chi connectivity index (χ1) is 9.06. The molecule has 0 spiro atoms. The molecule has 5 heteroatoms. The summed E-state index contributed by atoms with van der Waals surface area (Å²) in [6.45, 7) is 3.23. The van der Waals surface area contributed by atoms with Gasteiger partial charge >= 0.3 is 0 Å². The van der Waals surface area contributed by atoms with Crippen molar-refractivity contribution in [2.75, 3.05) is 27.2 Å². The largest absolute Gasteiger partial charge is 0.388 e. The first kappa shape index (κ1) is 14.4. The molecule has 0 saturated carbocycles. The Labute approximate surface area is 120 Å². The average Bonchev–Trinajstić information content (AvgIpc) is 2.75. The minimum absolute atomic E-state index is 0.361. The summed E-state index contributed by atoms with van der Waals surface area (Å²) in [5.41, 5.74) is 7.53. The van der Waals surface area contributed by atoms with Crippen LogP contribution in [0.1, 0.15) is 24.1 Å². The minimum Gasteiger partial charge on any atom is -0.388 e. The van der Waals surface area contributed by atoms with E-state index < -0.39 is 0 Å². The highest BCUT2D eigenvalue weighted by molar-refractivity contribution is 7.80. The van der Waals surface area contributed by atoms with E-state index in [0.29, 0.717) is 16.7 Å². The third-order valence-corrected chi connectivity index (χ3v) is 3.93. The molecule has 1 aliphatic heterocycles. The lowest BCUT2D eigenvalue weighted by molar-refractivity contribution is 0.215. The average molecular weight is 278 g/mol. The Balaban J connectivity index is 1.93. The van der Waals surface area contributed by atoms with E-state index in [4.69, 9.17) is 18.0 Å². The zero-order chi connectivity index (χ0) is 13.8. The highest BCUT2D eigenvalue weighted by Gasteiger charge is 2.21. The minimum atomic E-state index is 0.361. The van der Waals surface area contributed by atoms with Gasteiger partial charge in [0.05, 0.1) is 5.69 Å². The summed E-state index contributed by atoms with van der Waals surface area (Å²) in [5, 5.41) is 0. The monoisotopic (exact) mass is 278 g/mol. The first-order valence-electron chi connectivity index (χ1n) is 6.70. The standard InChI is InChI=1S/C14H22N4S/c1-17(10-12-4-3-7-18(12)2)9-11-5-6-16-13(8-11)14(15)19/h5-6,8,12H,3-4,7,9-10H2,1-2H3,(H2,15,19). The Bertz CT molecular complexity index is 449.